The van der Waals surface area contributed by atoms with Crippen LogP contribution in [0.1, 0.15) is 12.5 Å². The predicted octanol–water partition coefficient (Wildman–Crippen LogP) is 6.95. The largest absolute Gasteiger partial charge is 0.490 e. The fourth-order valence-electron chi connectivity index (χ4n) is 3.35. The molecule has 0 spiro atoms. The van der Waals surface area contributed by atoms with Crippen LogP contribution in [0.3, 0.4) is 0 Å². The molecule has 6 nitrogen and oxygen atoms in total. The maximum absolute atomic E-state index is 13.3. The molecule has 1 heterocycles. The molecule has 3 aromatic rings. The number of halogens is 3. The van der Waals surface area contributed by atoms with Crippen LogP contribution in [0.2, 0.25) is 10.0 Å². The Balaban J connectivity index is 1.47. The zero-order chi connectivity index (χ0) is 26.5. The molecule has 0 bridgehead atoms. The van der Waals surface area contributed by atoms with Gasteiger partial charge >= 0.3 is 0 Å². The van der Waals surface area contributed by atoms with Crippen molar-refractivity contribution in [2.75, 3.05) is 23.4 Å². The Morgan fingerprint density at radius 3 is 2.54 bits per heavy atom. The molecule has 0 aromatic heterocycles. The molecule has 0 atom stereocenters. The lowest BCUT2D eigenvalue weighted by atomic mass is 10.1. The number of benzene rings is 3. The second-order valence-corrected chi connectivity index (χ2v) is 10.1. The molecule has 0 radical (unpaired) electrons. The molecule has 0 aliphatic carbocycles. The van der Waals surface area contributed by atoms with Gasteiger partial charge in [0.1, 0.15) is 5.82 Å². The molecule has 190 valence electrons. The molecule has 0 saturated carbocycles. The van der Waals surface area contributed by atoms with Gasteiger partial charge in [-0.2, -0.15) is 0 Å². The van der Waals surface area contributed by atoms with E-state index in [1.165, 1.54) is 35.2 Å². The van der Waals surface area contributed by atoms with E-state index in [1.807, 2.05) is 6.92 Å². The molecule has 11 heteroatoms. The third-order valence-corrected chi connectivity index (χ3v) is 6.86. The number of ether oxygens (including phenoxy) is 2. The zero-order valence-electron chi connectivity index (χ0n) is 19.3. The maximum Gasteiger partial charge on any atom is 0.270 e. The Labute approximate surface area is 232 Å². The molecule has 1 N–H and O–H groups in total. The first-order chi connectivity index (χ1) is 17.7. The van der Waals surface area contributed by atoms with Crippen molar-refractivity contribution < 1.29 is 23.5 Å². The van der Waals surface area contributed by atoms with Gasteiger partial charge in [-0.25, -0.2) is 4.39 Å². The molecule has 0 unspecified atom stereocenters. The third-order valence-electron chi connectivity index (χ3n) is 5.01. The van der Waals surface area contributed by atoms with E-state index in [0.29, 0.717) is 54.3 Å². The van der Waals surface area contributed by atoms with E-state index in [9.17, 15) is 14.0 Å². The molecule has 2 amide bonds. The highest BCUT2D eigenvalue weighted by atomic mass is 35.5. The minimum Gasteiger partial charge on any atom is -0.490 e. The first-order valence-corrected chi connectivity index (χ1v) is 12.9. The molecular weight excluding hydrogens is 558 g/mol. The minimum atomic E-state index is -0.416. The Morgan fingerprint density at radius 2 is 1.84 bits per heavy atom. The quantitative estimate of drug-likeness (QED) is 0.231. The van der Waals surface area contributed by atoms with Crippen LogP contribution in [-0.4, -0.2) is 29.3 Å². The number of rotatable bonds is 8. The van der Waals surface area contributed by atoms with Crippen LogP contribution in [0.15, 0.2) is 65.6 Å². The average Bonchev–Trinajstić information content (AvgIpc) is 3.13. The Bertz CT molecular complexity index is 1400. The van der Waals surface area contributed by atoms with E-state index in [1.54, 1.807) is 36.4 Å². The van der Waals surface area contributed by atoms with E-state index in [4.69, 9.17) is 44.9 Å². The van der Waals surface area contributed by atoms with Gasteiger partial charge in [0.05, 0.1) is 27.9 Å². The number of nitrogens with one attached hydrogen (secondary N) is 1. The molecule has 37 heavy (non-hydrogen) atoms. The van der Waals surface area contributed by atoms with Crippen LogP contribution in [0, 0.1) is 5.82 Å². The maximum atomic E-state index is 13.3. The fourth-order valence-corrected chi connectivity index (χ4v) is 5.11. The summed E-state index contributed by atoms with van der Waals surface area (Å²) in [5, 5.41) is 3.43. The van der Waals surface area contributed by atoms with Gasteiger partial charge in [-0.3, -0.25) is 14.5 Å². The van der Waals surface area contributed by atoms with E-state index in [0.717, 1.165) is 11.8 Å². The lowest BCUT2D eigenvalue weighted by Gasteiger charge is -2.14. The van der Waals surface area contributed by atoms with Gasteiger partial charge < -0.3 is 14.8 Å². The summed E-state index contributed by atoms with van der Waals surface area (Å²) < 4.78 is 25.0. The van der Waals surface area contributed by atoms with Gasteiger partial charge in [-0.1, -0.05) is 53.2 Å². The molecule has 1 fully saturated rings. The smallest absolute Gasteiger partial charge is 0.270 e. The summed E-state index contributed by atoms with van der Waals surface area (Å²) in [6.07, 6.45) is 1.68. The normalized spacial score (nSPS) is 14.3. The second kappa shape index (κ2) is 12.0. The number of nitrogens with zero attached hydrogens (tertiary/aromatic N) is 1. The molecule has 3 aromatic carbocycles. The van der Waals surface area contributed by atoms with E-state index in [-0.39, 0.29) is 12.5 Å². The van der Waals surface area contributed by atoms with Crippen molar-refractivity contribution in [1.82, 2.24) is 0 Å². The van der Waals surface area contributed by atoms with Crippen molar-refractivity contribution in [2.45, 2.75) is 6.92 Å². The van der Waals surface area contributed by atoms with Crippen LogP contribution in [0.4, 0.5) is 15.8 Å². The predicted molar refractivity (Wildman–Crippen MR) is 150 cm³/mol. The van der Waals surface area contributed by atoms with Gasteiger partial charge in [0, 0.05) is 5.02 Å². The van der Waals surface area contributed by atoms with Crippen molar-refractivity contribution >= 4 is 80.8 Å². The summed E-state index contributed by atoms with van der Waals surface area (Å²) in [4.78, 5) is 27.1. The molecule has 1 aliphatic heterocycles. The van der Waals surface area contributed by atoms with E-state index < -0.39 is 11.7 Å². The molecule has 1 saturated heterocycles. The van der Waals surface area contributed by atoms with Crippen LogP contribution >= 0.6 is 47.2 Å². The second-order valence-electron chi connectivity index (χ2n) is 7.59. The number of anilines is 2. The van der Waals surface area contributed by atoms with E-state index in [2.05, 4.69) is 5.32 Å². The first-order valence-electron chi connectivity index (χ1n) is 10.9. The Kier molecular flexibility index (Phi) is 8.71. The summed E-state index contributed by atoms with van der Waals surface area (Å²) in [7, 11) is 0. The van der Waals surface area contributed by atoms with Gasteiger partial charge in [0.25, 0.3) is 11.8 Å². The van der Waals surface area contributed by atoms with Crippen LogP contribution in [-0.2, 0) is 9.59 Å². The summed E-state index contributed by atoms with van der Waals surface area (Å²) in [5.41, 5.74) is 1.58. The number of carbonyl (C=O) groups excluding carboxylic acids is 2. The van der Waals surface area contributed by atoms with Crippen molar-refractivity contribution in [3.05, 3.63) is 87.0 Å². The highest BCUT2D eigenvalue weighted by Gasteiger charge is 2.33. The topological polar surface area (TPSA) is 67.9 Å². The molecule has 1 aliphatic rings. The number of carbonyl (C=O) groups is 2. The van der Waals surface area contributed by atoms with E-state index >= 15 is 0 Å². The number of thiocarbonyl (C=S) groups is 1. The lowest BCUT2D eigenvalue weighted by molar-refractivity contribution is -0.118. The lowest BCUT2D eigenvalue weighted by Crippen LogP contribution is -2.27. The summed E-state index contributed by atoms with van der Waals surface area (Å²) in [6, 6.07) is 15.4. The van der Waals surface area contributed by atoms with Gasteiger partial charge in [-0.05, 0) is 73.2 Å². The van der Waals surface area contributed by atoms with Crippen LogP contribution < -0.4 is 19.7 Å². The Hall–Kier alpha value is -3.11. The van der Waals surface area contributed by atoms with Crippen molar-refractivity contribution in [3.63, 3.8) is 0 Å². The van der Waals surface area contributed by atoms with Crippen LogP contribution in [0.25, 0.3) is 6.08 Å². The van der Waals surface area contributed by atoms with Gasteiger partial charge in [0.15, 0.2) is 22.4 Å². The minimum absolute atomic E-state index is 0.283. The monoisotopic (exact) mass is 576 g/mol. The average molecular weight is 577 g/mol. The van der Waals surface area contributed by atoms with Crippen molar-refractivity contribution in [3.8, 4) is 11.5 Å². The highest BCUT2D eigenvalue weighted by molar-refractivity contribution is 8.27. The first kappa shape index (κ1) is 26.9. The number of hydrogen-bond donors (Lipinski definition) is 1. The molecule has 4 rings (SSSR count). The standard InChI is InChI=1S/C26H19Cl2FN2O4S2/c1-2-34-22-11-15(12-23-25(33)31(26(36)37-23)18-7-5-17(29)6-8-18)3-10-21(22)35-14-24(32)30-20-9-4-16(27)13-19(20)28/h3-13H,2,14H2,1H3,(H,30,32)/b23-12-. The number of thioether (sulfide) groups is 1. The summed E-state index contributed by atoms with van der Waals surface area (Å²) in [6.45, 7) is 1.90. The third kappa shape index (κ3) is 6.61. The Morgan fingerprint density at radius 1 is 1.08 bits per heavy atom. The van der Waals surface area contributed by atoms with Crippen LogP contribution in [0.5, 0.6) is 11.5 Å². The van der Waals surface area contributed by atoms with Crippen molar-refractivity contribution in [1.29, 1.82) is 0 Å². The number of hydrogen-bond acceptors (Lipinski definition) is 6. The highest BCUT2D eigenvalue weighted by Crippen LogP contribution is 2.37. The summed E-state index contributed by atoms with van der Waals surface area (Å²) in [5.74, 6) is -0.364. The summed E-state index contributed by atoms with van der Waals surface area (Å²) >= 11 is 18.5. The van der Waals surface area contributed by atoms with Gasteiger partial charge in [-0.15, -0.1) is 0 Å². The SMILES string of the molecule is CCOc1cc(/C=C2\SC(=S)N(c3ccc(F)cc3)C2=O)ccc1OCC(=O)Nc1ccc(Cl)cc1Cl. The van der Waals surface area contributed by atoms with Crippen molar-refractivity contribution in [2.24, 2.45) is 0 Å². The number of amides is 2. The van der Waals surface area contributed by atoms with Gasteiger partial charge in [0.2, 0.25) is 0 Å². The molecular formula is C26H19Cl2FN2O4S2. The zero-order valence-corrected chi connectivity index (χ0v) is 22.4. The fraction of sp³-hybridized carbons (Fsp3) is 0.115.